The zero-order valence-electron chi connectivity index (χ0n) is 11.5. The lowest BCUT2D eigenvalue weighted by Gasteiger charge is -2.07. The summed E-state index contributed by atoms with van der Waals surface area (Å²) in [5, 5.41) is 6.02. The van der Waals surface area contributed by atoms with Crippen LogP contribution in [0.2, 0.25) is 5.02 Å². The Morgan fingerprint density at radius 3 is 2.24 bits per heavy atom. The zero-order chi connectivity index (χ0) is 15.2. The van der Waals surface area contributed by atoms with Crippen LogP contribution in [-0.4, -0.2) is 18.7 Å². The van der Waals surface area contributed by atoms with E-state index < -0.39 is 0 Å². The summed E-state index contributed by atoms with van der Waals surface area (Å²) in [6.07, 6.45) is -0.239. The van der Waals surface area contributed by atoms with Crippen molar-refractivity contribution in [2.24, 2.45) is 0 Å². The first kappa shape index (κ1) is 15.1. The van der Waals surface area contributed by atoms with Crippen molar-refractivity contribution in [3.63, 3.8) is 0 Å². The summed E-state index contributed by atoms with van der Waals surface area (Å²) in [6, 6.07) is 13.9. The average molecular weight is 303 g/mol. The summed E-state index contributed by atoms with van der Waals surface area (Å²) in [5.41, 5.74) is 1.95. The van der Waals surface area contributed by atoms with Gasteiger partial charge in [0.1, 0.15) is 0 Å². The zero-order valence-corrected chi connectivity index (χ0v) is 12.3. The number of carbonyl (C=O) groups is 2. The lowest BCUT2D eigenvalue weighted by Crippen LogP contribution is -2.16. The van der Waals surface area contributed by atoms with E-state index in [-0.39, 0.29) is 18.1 Å². The van der Waals surface area contributed by atoms with E-state index >= 15 is 0 Å². The van der Waals surface area contributed by atoms with Gasteiger partial charge in [-0.25, -0.2) is 0 Å². The van der Waals surface area contributed by atoms with Gasteiger partial charge in [0.2, 0.25) is 5.91 Å². The van der Waals surface area contributed by atoms with Crippen molar-refractivity contribution in [1.82, 2.24) is 0 Å². The highest BCUT2D eigenvalue weighted by molar-refractivity contribution is 6.34. The minimum Gasteiger partial charge on any atom is -0.388 e. The van der Waals surface area contributed by atoms with Crippen LogP contribution < -0.4 is 10.6 Å². The van der Waals surface area contributed by atoms with E-state index in [0.29, 0.717) is 16.3 Å². The topological polar surface area (TPSA) is 58.2 Å². The summed E-state index contributed by atoms with van der Waals surface area (Å²) >= 11 is 5.94. The number of Topliss-reactive ketones (excluding diaryl/α,β-unsaturated/α-hetero) is 1. The predicted octanol–water partition coefficient (Wildman–Crippen LogP) is 3.59. The van der Waals surface area contributed by atoms with Crippen molar-refractivity contribution in [3.05, 3.63) is 59.1 Å². The van der Waals surface area contributed by atoms with Crippen LogP contribution in [0.25, 0.3) is 0 Å². The van der Waals surface area contributed by atoms with Crippen molar-refractivity contribution >= 4 is 34.7 Å². The third-order valence-corrected chi connectivity index (χ3v) is 3.28. The minimum atomic E-state index is -0.364. The number of benzene rings is 2. The van der Waals surface area contributed by atoms with Crippen molar-refractivity contribution in [2.45, 2.75) is 6.42 Å². The Kier molecular flexibility index (Phi) is 4.95. The molecule has 0 aromatic heterocycles. The fourth-order valence-corrected chi connectivity index (χ4v) is 2.09. The molecule has 2 aromatic carbocycles. The number of amides is 1. The fourth-order valence-electron chi connectivity index (χ4n) is 1.85. The molecule has 0 spiro atoms. The molecule has 0 saturated heterocycles. The number of anilines is 2. The Labute approximate surface area is 128 Å². The van der Waals surface area contributed by atoms with Crippen LogP contribution in [0, 0.1) is 0 Å². The Balaban J connectivity index is 1.98. The Bertz CT molecular complexity index is 654. The smallest absolute Gasteiger partial charge is 0.232 e. The largest absolute Gasteiger partial charge is 0.388 e. The number of rotatable bonds is 5. The first-order valence-electron chi connectivity index (χ1n) is 6.45. The lowest BCUT2D eigenvalue weighted by molar-refractivity contribution is -0.115. The highest BCUT2D eigenvalue weighted by Crippen LogP contribution is 2.17. The molecule has 0 unspecified atom stereocenters. The van der Waals surface area contributed by atoms with Crippen LogP contribution in [0.5, 0.6) is 0 Å². The highest BCUT2D eigenvalue weighted by atomic mass is 35.5. The molecule has 2 rings (SSSR count). The van der Waals surface area contributed by atoms with Gasteiger partial charge in [-0.15, -0.1) is 0 Å². The number of carbonyl (C=O) groups excluding carboxylic acids is 2. The second-order valence-electron chi connectivity index (χ2n) is 4.46. The first-order valence-corrected chi connectivity index (χ1v) is 6.83. The minimum absolute atomic E-state index is 0.239. The normalized spacial score (nSPS) is 10.0. The van der Waals surface area contributed by atoms with Gasteiger partial charge >= 0.3 is 0 Å². The molecule has 1 amide bonds. The maximum absolute atomic E-state index is 12.0. The summed E-state index contributed by atoms with van der Waals surface area (Å²) < 4.78 is 0. The monoisotopic (exact) mass is 302 g/mol. The molecule has 0 atom stereocenters. The van der Waals surface area contributed by atoms with Crippen LogP contribution in [0.4, 0.5) is 11.4 Å². The van der Waals surface area contributed by atoms with Gasteiger partial charge in [-0.1, -0.05) is 23.7 Å². The molecular formula is C16H15ClN2O2. The molecule has 0 heterocycles. The molecule has 4 nitrogen and oxygen atoms in total. The molecule has 0 aliphatic carbocycles. The molecule has 2 aromatic rings. The molecule has 2 N–H and O–H groups in total. The molecule has 0 saturated carbocycles. The van der Waals surface area contributed by atoms with E-state index in [9.17, 15) is 9.59 Å². The summed E-state index contributed by atoms with van der Waals surface area (Å²) in [6.45, 7) is 0. The molecule has 5 heteroatoms. The van der Waals surface area contributed by atoms with Gasteiger partial charge in [0.25, 0.3) is 0 Å². The van der Waals surface area contributed by atoms with Gasteiger partial charge in [0.05, 0.1) is 11.4 Å². The van der Waals surface area contributed by atoms with Gasteiger partial charge in [-0.05, 0) is 36.4 Å². The molecular weight excluding hydrogens is 288 g/mol. The molecule has 0 fully saturated rings. The second-order valence-corrected chi connectivity index (χ2v) is 4.86. The van der Waals surface area contributed by atoms with Crippen LogP contribution in [0.1, 0.15) is 16.8 Å². The molecule has 0 aliphatic heterocycles. The SMILES string of the molecule is CNc1ccc(NC(=O)CC(=O)c2ccccc2Cl)cc1. The van der Waals surface area contributed by atoms with Crippen LogP contribution >= 0.6 is 11.6 Å². The van der Waals surface area contributed by atoms with Gasteiger partial charge < -0.3 is 10.6 Å². The number of hydrogen-bond acceptors (Lipinski definition) is 3. The third-order valence-electron chi connectivity index (χ3n) is 2.95. The molecule has 0 bridgehead atoms. The standard InChI is InChI=1S/C16H15ClN2O2/c1-18-11-6-8-12(9-7-11)19-16(21)10-15(20)13-4-2-3-5-14(13)17/h2-9,18H,10H2,1H3,(H,19,21). The number of nitrogens with one attached hydrogen (secondary N) is 2. The van der Waals surface area contributed by atoms with Crippen molar-refractivity contribution in [3.8, 4) is 0 Å². The highest BCUT2D eigenvalue weighted by Gasteiger charge is 2.14. The summed E-state index contributed by atoms with van der Waals surface area (Å²) in [4.78, 5) is 23.9. The van der Waals surface area contributed by atoms with Gasteiger partial charge in [-0.2, -0.15) is 0 Å². The van der Waals surface area contributed by atoms with Crippen molar-refractivity contribution < 1.29 is 9.59 Å². The lowest BCUT2D eigenvalue weighted by atomic mass is 10.1. The second kappa shape index (κ2) is 6.90. The maximum Gasteiger partial charge on any atom is 0.232 e. The first-order chi connectivity index (χ1) is 10.1. The molecule has 21 heavy (non-hydrogen) atoms. The van der Waals surface area contributed by atoms with Gasteiger partial charge in [-0.3, -0.25) is 9.59 Å². The number of hydrogen-bond donors (Lipinski definition) is 2. The van der Waals surface area contributed by atoms with Gasteiger partial charge in [0, 0.05) is 24.0 Å². The Hall–Kier alpha value is -2.33. The summed E-state index contributed by atoms with van der Waals surface area (Å²) in [7, 11) is 1.82. The van der Waals surface area contributed by atoms with Crippen LogP contribution in [0.3, 0.4) is 0 Å². The van der Waals surface area contributed by atoms with E-state index in [2.05, 4.69) is 10.6 Å². The summed E-state index contributed by atoms with van der Waals surface area (Å²) in [5.74, 6) is -0.665. The average Bonchev–Trinajstić information content (AvgIpc) is 2.48. The fraction of sp³-hybridized carbons (Fsp3) is 0.125. The van der Waals surface area contributed by atoms with Crippen LogP contribution in [0.15, 0.2) is 48.5 Å². The van der Waals surface area contributed by atoms with Crippen molar-refractivity contribution in [2.75, 3.05) is 17.7 Å². The number of halogens is 1. The Morgan fingerprint density at radius 2 is 1.62 bits per heavy atom. The number of ketones is 1. The van der Waals surface area contributed by atoms with E-state index in [1.54, 1.807) is 36.4 Å². The Morgan fingerprint density at radius 1 is 1.00 bits per heavy atom. The van der Waals surface area contributed by atoms with E-state index in [1.165, 1.54) is 0 Å². The quantitative estimate of drug-likeness (QED) is 0.655. The van der Waals surface area contributed by atoms with Crippen molar-refractivity contribution in [1.29, 1.82) is 0 Å². The third kappa shape index (κ3) is 4.07. The molecule has 0 aliphatic rings. The van der Waals surface area contributed by atoms with E-state index in [1.807, 2.05) is 19.2 Å². The molecule has 108 valence electrons. The predicted molar refractivity (Wildman–Crippen MR) is 85.0 cm³/mol. The maximum atomic E-state index is 12.0. The van der Waals surface area contributed by atoms with Crippen LogP contribution in [-0.2, 0) is 4.79 Å². The van der Waals surface area contributed by atoms with Gasteiger partial charge in [0.15, 0.2) is 5.78 Å². The van der Waals surface area contributed by atoms with E-state index in [0.717, 1.165) is 5.69 Å². The van der Waals surface area contributed by atoms with E-state index in [4.69, 9.17) is 11.6 Å². The molecule has 0 radical (unpaired) electrons.